The molecule has 1 aromatic carbocycles. The Morgan fingerprint density at radius 1 is 1.12 bits per heavy atom. The van der Waals surface area contributed by atoms with Crippen molar-refractivity contribution in [2.75, 3.05) is 43.0 Å². The van der Waals surface area contributed by atoms with Crippen molar-refractivity contribution in [3.63, 3.8) is 0 Å². The van der Waals surface area contributed by atoms with Crippen LogP contribution in [0.3, 0.4) is 0 Å². The quantitative estimate of drug-likeness (QED) is 0.523. The van der Waals surface area contributed by atoms with Gasteiger partial charge >= 0.3 is 0 Å². The van der Waals surface area contributed by atoms with Crippen molar-refractivity contribution >= 4 is 28.8 Å². The molecule has 0 radical (unpaired) electrons. The average Bonchev–Trinajstić information content (AvgIpc) is 3.56. The van der Waals surface area contributed by atoms with Crippen LogP contribution in [-0.4, -0.2) is 74.3 Å². The molecule has 168 valence electrons. The molecule has 3 aromatic rings. The number of nitrogens with zero attached hydrogens (tertiary/aromatic N) is 6. The monoisotopic (exact) mass is 435 g/mol. The van der Waals surface area contributed by atoms with E-state index in [1.165, 1.54) is 0 Å². The molecule has 2 N–H and O–H groups in total. The van der Waals surface area contributed by atoms with E-state index in [0.29, 0.717) is 24.7 Å². The van der Waals surface area contributed by atoms with E-state index in [0.717, 1.165) is 62.2 Å². The first-order valence-corrected chi connectivity index (χ1v) is 11.4. The molecule has 0 saturated carbocycles. The number of hydrogen-bond donors (Lipinski definition) is 2. The number of benzene rings is 1. The highest BCUT2D eigenvalue weighted by Crippen LogP contribution is 2.28. The van der Waals surface area contributed by atoms with Gasteiger partial charge in [-0.15, -0.1) is 0 Å². The number of likely N-dealkylation sites (tertiary alicyclic amines) is 1. The van der Waals surface area contributed by atoms with Crippen molar-refractivity contribution in [2.24, 2.45) is 0 Å². The lowest BCUT2D eigenvalue weighted by Crippen LogP contribution is -2.33. The molecular formula is C23H29N7O2. The minimum atomic E-state index is 0.0366. The van der Waals surface area contributed by atoms with Crippen LogP contribution in [-0.2, 0) is 4.79 Å². The molecule has 0 aliphatic carbocycles. The lowest BCUT2D eigenvalue weighted by molar-refractivity contribution is -0.127. The Morgan fingerprint density at radius 3 is 2.78 bits per heavy atom. The third-order valence-corrected chi connectivity index (χ3v) is 6.33. The van der Waals surface area contributed by atoms with E-state index in [1.54, 1.807) is 6.33 Å². The fraction of sp³-hybridized carbons (Fsp3) is 0.478. The number of anilines is 2. The summed E-state index contributed by atoms with van der Waals surface area (Å²) in [4.78, 5) is 30.2. The molecule has 2 aliphatic heterocycles. The van der Waals surface area contributed by atoms with Gasteiger partial charge in [-0.2, -0.15) is 9.97 Å². The number of aliphatic hydroxyl groups is 1. The number of nitrogens with one attached hydrogen (secondary N) is 1. The lowest BCUT2D eigenvalue weighted by Gasteiger charge is -2.23. The number of carbonyl (C=O) groups excluding carboxylic acids is 1. The van der Waals surface area contributed by atoms with Crippen LogP contribution in [0.4, 0.5) is 11.8 Å². The lowest BCUT2D eigenvalue weighted by atomic mass is 10.2. The van der Waals surface area contributed by atoms with Crippen molar-refractivity contribution < 1.29 is 9.90 Å². The van der Waals surface area contributed by atoms with E-state index in [2.05, 4.69) is 15.2 Å². The maximum Gasteiger partial charge on any atom is 0.229 e. The van der Waals surface area contributed by atoms with E-state index in [-0.39, 0.29) is 18.6 Å². The van der Waals surface area contributed by atoms with Crippen LogP contribution in [0.5, 0.6) is 0 Å². The standard InChI is InChI=1S/C23H29N7O2/c31-15-18-9-4-14-29(18)23-26-21(24-11-6-13-28-12-5-10-19(28)32)20-22(27-23)30(16-25-20)17-7-2-1-3-8-17/h1-3,7-8,16,18,31H,4-6,9-15H2,(H,24,26,27). The SMILES string of the molecule is O=C1CCCN1CCCNc1nc(N2CCCC2CO)nc2c1ncn2-c1ccccc1. The van der Waals surface area contributed by atoms with Gasteiger partial charge < -0.3 is 20.2 Å². The van der Waals surface area contributed by atoms with Crippen LogP contribution in [0.1, 0.15) is 32.1 Å². The topological polar surface area (TPSA) is 99.4 Å². The Morgan fingerprint density at radius 2 is 2.00 bits per heavy atom. The van der Waals surface area contributed by atoms with Gasteiger partial charge in [-0.3, -0.25) is 9.36 Å². The molecule has 9 nitrogen and oxygen atoms in total. The smallest absolute Gasteiger partial charge is 0.229 e. The summed E-state index contributed by atoms with van der Waals surface area (Å²) in [6.07, 6.45) is 6.19. The maximum atomic E-state index is 11.8. The molecule has 5 rings (SSSR count). The van der Waals surface area contributed by atoms with Gasteiger partial charge in [-0.05, 0) is 37.8 Å². The van der Waals surface area contributed by atoms with E-state index in [1.807, 2.05) is 39.8 Å². The predicted molar refractivity (Wildman–Crippen MR) is 123 cm³/mol. The summed E-state index contributed by atoms with van der Waals surface area (Å²) in [7, 11) is 0. The zero-order valence-electron chi connectivity index (χ0n) is 18.2. The molecule has 0 bridgehead atoms. The van der Waals surface area contributed by atoms with Gasteiger partial charge in [-0.1, -0.05) is 18.2 Å². The molecule has 4 heterocycles. The molecule has 2 saturated heterocycles. The van der Waals surface area contributed by atoms with E-state index >= 15 is 0 Å². The Labute approximate surface area is 187 Å². The Bertz CT molecular complexity index is 1080. The highest BCUT2D eigenvalue weighted by molar-refractivity contribution is 5.85. The summed E-state index contributed by atoms with van der Waals surface area (Å²) in [5, 5.41) is 13.2. The number of amides is 1. The fourth-order valence-electron chi connectivity index (χ4n) is 4.62. The van der Waals surface area contributed by atoms with Gasteiger partial charge in [0.25, 0.3) is 0 Å². The number of imidazole rings is 1. The van der Waals surface area contributed by atoms with Crippen LogP contribution in [0.2, 0.25) is 0 Å². The minimum absolute atomic E-state index is 0.0366. The molecule has 1 amide bonds. The van der Waals surface area contributed by atoms with Crippen molar-refractivity contribution in [2.45, 2.75) is 38.1 Å². The second kappa shape index (κ2) is 9.12. The number of aliphatic hydroxyl groups excluding tert-OH is 1. The molecule has 9 heteroatoms. The van der Waals surface area contributed by atoms with E-state index in [9.17, 15) is 9.90 Å². The Kier molecular flexibility index (Phi) is 5.89. The molecule has 1 atom stereocenters. The van der Waals surface area contributed by atoms with Crippen LogP contribution >= 0.6 is 0 Å². The summed E-state index contributed by atoms with van der Waals surface area (Å²) in [5.41, 5.74) is 2.44. The van der Waals surface area contributed by atoms with Crippen LogP contribution in [0.25, 0.3) is 16.9 Å². The normalized spacial score (nSPS) is 18.8. The highest BCUT2D eigenvalue weighted by Gasteiger charge is 2.28. The minimum Gasteiger partial charge on any atom is -0.394 e. The summed E-state index contributed by atoms with van der Waals surface area (Å²) >= 11 is 0. The number of rotatable bonds is 8. The second-order valence-electron chi connectivity index (χ2n) is 8.43. The summed E-state index contributed by atoms with van der Waals surface area (Å²) < 4.78 is 1.97. The summed E-state index contributed by atoms with van der Waals surface area (Å²) in [6.45, 7) is 3.22. The number of fused-ring (bicyclic) bond motifs is 1. The third kappa shape index (κ3) is 4.00. The van der Waals surface area contributed by atoms with Crippen molar-refractivity contribution in [3.05, 3.63) is 36.7 Å². The van der Waals surface area contributed by atoms with Crippen molar-refractivity contribution in [1.82, 2.24) is 24.4 Å². The van der Waals surface area contributed by atoms with Crippen LogP contribution in [0.15, 0.2) is 36.7 Å². The van der Waals surface area contributed by atoms with Gasteiger partial charge in [0, 0.05) is 38.3 Å². The first kappa shape index (κ1) is 20.7. The first-order chi connectivity index (χ1) is 15.7. The zero-order chi connectivity index (χ0) is 21.9. The second-order valence-corrected chi connectivity index (χ2v) is 8.43. The van der Waals surface area contributed by atoms with Gasteiger partial charge in [0.05, 0.1) is 12.6 Å². The molecule has 2 fully saturated rings. The van der Waals surface area contributed by atoms with Crippen molar-refractivity contribution in [3.8, 4) is 5.69 Å². The molecular weight excluding hydrogens is 406 g/mol. The van der Waals surface area contributed by atoms with Crippen molar-refractivity contribution in [1.29, 1.82) is 0 Å². The van der Waals surface area contributed by atoms with Gasteiger partial charge in [-0.25, -0.2) is 4.98 Å². The molecule has 0 spiro atoms. The van der Waals surface area contributed by atoms with Gasteiger partial charge in [0.15, 0.2) is 17.0 Å². The number of carbonyl (C=O) groups is 1. The molecule has 32 heavy (non-hydrogen) atoms. The number of aromatic nitrogens is 4. The third-order valence-electron chi connectivity index (χ3n) is 6.33. The highest BCUT2D eigenvalue weighted by atomic mass is 16.3. The number of hydrogen-bond acceptors (Lipinski definition) is 7. The Hall–Kier alpha value is -3.20. The first-order valence-electron chi connectivity index (χ1n) is 11.4. The predicted octanol–water partition coefficient (Wildman–Crippen LogP) is 2.20. The van der Waals surface area contributed by atoms with Crippen LogP contribution < -0.4 is 10.2 Å². The van der Waals surface area contributed by atoms with E-state index < -0.39 is 0 Å². The maximum absolute atomic E-state index is 11.8. The fourth-order valence-corrected chi connectivity index (χ4v) is 4.62. The zero-order valence-corrected chi connectivity index (χ0v) is 18.2. The molecule has 2 aromatic heterocycles. The Balaban J connectivity index is 1.43. The molecule has 2 aliphatic rings. The average molecular weight is 436 g/mol. The largest absolute Gasteiger partial charge is 0.394 e. The van der Waals surface area contributed by atoms with Gasteiger partial charge in [0.1, 0.15) is 6.33 Å². The summed E-state index contributed by atoms with van der Waals surface area (Å²) in [6, 6.07) is 10.0. The van der Waals surface area contributed by atoms with Crippen LogP contribution in [0, 0.1) is 0 Å². The summed E-state index contributed by atoms with van der Waals surface area (Å²) in [5.74, 6) is 1.56. The molecule has 1 unspecified atom stereocenters. The van der Waals surface area contributed by atoms with E-state index in [4.69, 9.17) is 9.97 Å². The number of para-hydroxylation sites is 1. The van der Waals surface area contributed by atoms with Gasteiger partial charge in [0.2, 0.25) is 11.9 Å².